The van der Waals surface area contributed by atoms with Crippen LogP contribution < -0.4 is 11.1 Å². The van der Waals surface area contributed by atoms with E-state index in [1.54, 1.807) is 4.90 Å². The maximum absolute atomic E-state index is 11.7. The average molecular weight is 272 g/mol. The number of carbonyl (C=O) groups is 1. The third-order valence-electron chi connectivity index (χ3n) is 3.60. The number of piperidine rings is 1. The monoisotopic (exact) mass is 272 g/mol. The summed E-state index contributed by atoms with van der Waals surface area (Å²) in [4.78, 5) is 13.5. The Morgan fingerprint density at radius 2 is 2.25 bits per heavy atom. The maximum atomic E-state index is 11.7. The number of para-hydroxylation sites is 1. The molecule has 3 N–H and O–H groups in total. The van der Waals surface area contributed by atoms with E-state index in [0.29, 0.717) is 13.0 Å². The first-order valence-corrected chi connectivity index (χ1v) is 7.01. The number of nitriles is 1. The number of nitrogens with two attached hydrogens (primary N) is 1. The Balaban J connectivity index is 2.22. The molecule has 5 nitrogen and oxygen atoms in total. The zero-order valence-corrected chi connectivity index (χ0v) is 11.5. The molecule has 106 valence electrons. The van der Waals surface area contributed by atoms with Gasteiger partial charge in [-0.15, -0.1) is 0 Å². The van der Waals surface area contributed by atoms with Crippen LogP contribution in [0.1, 0.15) is 37.3 Å². The Morgan fingerprint density at radius 1 is 1.45 bits per heavy atom. The lowest BCUT2D eigenvalue weighted by atomic mass is 9.94. The summed E-state index contributed by atoms with van der Waals surface area (Å²) in [6, 6.07) is 7.76. The molecule has 0 bridgehead atoms. The summed E-state index contributed by atoms with van der Waals surface area (Å²) < 4.78 is 0. The first-order chi connectivity index (χ1) is 9.76. The fourth-order valence-corrected chi connectivity index (χ4v) is 2.62. The first kappa shape index (κ1) is 14.4. The Bertz CT molecular complexity index is 509. The van der Waals surface area contributed by atoms with Crippen LogP contribution in [0.5, 0.6) is 0 Å². The fourth-order valence-electron chi connectivity index (χ4n) is 2.62. The van der Waals surface area contributed by atoms with Crippen molar-refractivity contribution in [1.82, 2.24) is 4.90 Å². The number of hydrogen-bond donors (Lipinski definition) is 2. The molecule has 1 heterocycles. The molecule has 5 heteroatoms. The number of nitrogens with one attached hydrogen (secondary N) is 1. The SMILES string of the molecule is N#CN1CCCC[C@H]1c1ccccc1NC(=O)CCN. The molecule has 1 amide bonds. The molecule has 1 saturated heterocycles. The Morgan fingerprint density at radius 3 is 3.00 bits per heavy atom. The highest BCUT2D eigenvalue weighted by Crippen LogP contribution is 2.34. The molecule has 20 heavy (non-hydrogen) atoms. The van der Waals surface area contributed by atoms with Gasteiger partial charge in [0.05, 0.1) is 6.04 Å². The average Bonchev–Trinajstić information content (AvgIpc) is 2.48. The van der Waals surface area contributed by atoms with E-state index in [0.717, 1.165) is 37.1 Å². The van der Waals surface area contributed by atoms with Gasteiger partial charge in [0.15, 0.2) is 6.19 Å². The maximum Gasteiger partial charge on any atom is 0.225 e. The zero-order valence-electron chi connectivity index (χ0n) is 11.5. The molecule has 0 aliphatic carbocycles. The van der Waals surface area contributed by atoms with Crippen molar-refractivity contribution < 1.29 is 4.79 Å². The minimum Gasteiger partial charge on any atom is -0.330 e. The standard InChI is InChI=1S/C15H20N4O/c16-9-8-15(20)18-13-6-2-1-5-12(13)14-7-3-4-10-19(14)11-17/h1-2,5-6,14H,3-4,7-10,16H2,(H,18,20)/t14-/m0/s1. The Kier molecular flexibility index (Phi) is 4.97. The predicted octanol–water partition coefficient (Wildman–Crippen LogP) is 1.98. The number of hydrogen-bond acceptors (Lipinski definition) is 4. The molecule has 0 unspecified atom stereocenters. The molecule has 1 fully saturated rings. The van der Waals surface area contributed by atoms with E-state index in [-0.39, 0.29) is 11.9 Å². The summed E-state index contributed by atoms with van der Waals surface area (Å²) in [5, 5.41) is 12.2. The van der Waals surface area contributed by atoms with Crippen molar-refractivity contribution in [2.24, 2.45) is 5.73 Å². The molecule has 0 saturated carbocycles. The summed E-state index contributed by atoms with van der Waals surface area (Å²) in [6.45, 7) is 1.12. The van der Waals surface area contributed by atoms with Crippen LogP contribution in [0.2, 0.25) is 0 Å². The highest BCUT2D eigenvalue weighted by atomic mass is 16.1. The van der Waals surface area contributed by atoms with Crippen molar-refractivity contribution in [3.8, 4) is 6.19 Å². The molecule has 1 aromatic rings. The van der Waals surface area contributed by atoms with Crippen molar-refractivity contribution in [3.63, 3.8) is 0 Å². The van der Waals surface area contributed by atoms with Crippen molar-refractivity contribution in [3.05, 3.63) is 29.8 Å². The first-order valence-electron chi connectivity index (χ1n) is 7.01. The van der Waals surface area contributed by atoms with Crippen LogP contribution in [0, 0.1) is 11.5 Å². The largest absolute Gasteiger partial charge is 0.330 e. The van der Waals surface area contributed by atoms with Crippen molar-refractivity contribution in [2.45, 2.75) is 31.7 Å². The van der Waals surface area contributed by atoms with Gasteiger partial charge in [-0.25, -0.2) is 0 Å². The molecule has 1 aromatic carbocycles. The molecule has 2 rings (SSSR count). The van der Waals surface area contributed by atoms with E-state index in [1.165, 1.54) is 0 Å². The zero-order chi connectivity index (χ0) is 14.4. The lowest BCUT2D eigenvalue weighted by Crippen LogP contribution is -2.30. The number of likely N-dealkylation sites (tertiary alicyclic amines) is 1. The van der Waals surface area contributed by atoms with Gasteiger partial charge in [0, 0.05) is 25.2 Å². The predicted molar refractivity (Wildman–Crippen MR) is 77.7 cm³/mol. The second-order valence-electron chi connectivity index (χ2n) is 4.98. The van der Waals surface area contributed by atoms with E-state index in [4.69, 9.17) is 5.73 Å². The Labute approximate surface area is 119 Å². The molecule has 1 aliphatic heterocycles. The minimum absolute atomic E-state index is 0.0585. The highest BCUT2D eigenvalue weighted by Gasteiger charge is 2.25. The van der Waals surface area contributed by atoms with Crippen LogP contribution in [0.3, 0.4) is 0 Å². The van der Waals surface area contributed by atoms with Gasteiger partial charge in [-0.1, -0.05) is 18.2 Å². The van der Waals surface area contributed by atoms with E-state index >= 15 is 0 Å². The number of carbonyl (C=O) groups excluding carboxylic acids is 1. The van der Waals surface area contributed by atoms with Gasteiger partial charge >= 0.3 is 0 Å². The van der Waals surface area contributed by atoms with Crippen molar-refractivity contribution in [1.29, 1.82) is 5.26 Å². The van der Waals surface area contributed by atoms with E-state index in [2.05, 4.69) is 11.5 Å². The van der Waals surface area contributed by atoms with Gasteiger partial charge in [-0.3, -0.25) is 4.79 Å². The number of benzene rings is 1. The molecule has 0 radical (unpaired) electrons. The molecule has 1 atom stereocenters. The van der Waals surface area contributed by atoms with Crippen LogP contribution >= 0.6 is 0 Å². The van der Waals surface area contributed by atoms with Gasteiger partial charge in [0.25, 0.3) is 0 Å². The number of rotatable bonds is 4. The summed E-state index contributed by atoms with van der Waals surface area (Å²) in [6.07, 6.45) is 5.66. The van der Waals surface area contributed by atoms with Crippen LogP contribution in [-0.4, -0.2) is 23.9 Å². The van der Waals surface area contributed by atoms with Crippen LogP contribution in [0.15, 0.2) is 24.3 Å². The van der Waals surface area contributed by atoms with Gasteiger partial charge in [-0.05, 0) is 30.9 Å². The lowest BCUT2D eigenvalue weighted by Gasteiger charge is -2.32. The molecule has 0 spiro atoms. The van der Waals surface area contributed by atoms with Gasteiger partial charge in [-0.2, -0.15) is 5.26 Å². The number of nitrogens with zero attached hydrogens (tertiary/aromatic N) is 2. The number of anilines is 1. The minimum atomic E-state index is -0.0840. The third-order valence-corrected chi connectivity index (χ3v) is 3.60. The van der Waals surface area contributed by atoms with Crippen molar-refractivity contribution in [2.75, 3.05) is 18.4 Å². The summed E-state index contributed by atoms with van der Waals surface area (Å²) in [5.74, 6) is -0.0840. The number of amides is 1. The highest BCUT2D eigenvalue weighted by molar-refractivity contribution is 5.91. The van der Waals surface area contributed by atoms with Crippen LogP contribution in [-0.2, 0) is 4.79 Å². The summed E-state index contributed by atoms with van der Waals surface area (Å²) in [7, 11) is 0. The molecule has 0 aromatic heterocycles. The molecule has 1 aliphatic rings. The molecular weight excluding hydrogens is 252 g/mol. The molecular formula is C15H20N4O. The quantitative estimate of drug-likeness (QED) is 0.821. The van der Waals surface area contributed by atoms with Crippen molar-refractivity contribution >= 4 is 11.6 Å². The fraction of sp³-hybridized carbons (Fsp3) is 0.467. The smallest absolute Gasteiger partial charge is 0.225 e. The van der Waals surface area contributed by atoms with E-state index < -0.39 is 0 Å². The van der Waals surface area contributed by atoms with Crippen LogP contribution in [0.4, 0.5) is 5.69 Å². The third kappa shape index (κ3) is 3.28. The topological polar surface area (TPSA) is 82.2 Å². The second-order valence-corrected chi connectivity index (χ2v) is 4.98. The van der Waals surface area contributed by atoms with Gasteiger partial charge in [0.1, 0.15) is 0 Å². The summed E-state index contributed by atoms with van der Waals surface area (Å²) >= 11 is 0. The second kappa shape index (κ2) is 6.92. The van der Waals surface area contributed by atoms with Gasteiger partial charge in [0.2, 0.25) is 5.91 Å². The Hall–Kier alpha value is -2.06. The normalized spacial score (nSPS) is 18.4. The van der Waals surface area contributed by atoms with Gasteiger partial charge < -0.3 is 16.0 Å². The summed E-state index contributed by atoms with van der Waals surface area (Å²) in [5.41, 5.74) is 7.20. The van der Waals surface area contributed by atoms with Crippen LogP contribution in [0.25, 0.3) is 0 Å². The van der Waals surface area contributed by atoms with E-state index in [1.807, 2.05) is 24.3 Å². The van der Waals surface area contributed by atoms with E-state index in [9.17, 15) is 10.1 Å². The lowest BCUT2D eigenvalue weighted by molar-refractivity contribution is -0.116.